The number of ether oxygens (including phenoxy) is 1. The van der Waals surface area contributed by atoms with Gasteiger partial charge in [0.1, 0.15) is 17.4 Å². The lowest BCUT2D eigenvalue weighted by Crippen LogP contribution is -2.51. The standard InChI is InChI=1S/C18H17BrF2N2O4S/c19-13-4-6-14(7-5-13)27-12-17(24)22-8-10-23(11-9-22)28(25,26)18-15(20)2-1-3-16(18)21/h1-7H,8-12H2. The Morgan fingerprint density at radius 3 is 2.14 bits per heavy atom. The zero-order valence-corrected chi connectivity index (χ0v) is 17.0. The second kappa shape index (κ2) is 8.54. The van der Waals surface area contributed by atoms with Crippen LogP contribution in [0.2, 0.25) is 0 Å². The summed E-state index contributed by atoms with van der Waals surface area (Å²) in [4.78, 5) is 12.8. The van der Waals surface area contributed by atoms with Crippen molar-refractivity contribution in [3.8, 4) is 5.75 Å². The molecule has 10 heteroatoms. The molecule has 2 aromatic rings. The summed E-state index contributed by atoms with van der Waals surface area (Å²) >= 11 is 3.30. The summed E-state index contributed by atoms with van der Waals surface area (Å²) in [7, 11) is -4.32. The third-order valence-electron chi connectivity index (χ3n) is 4.28. The van der Waals surface area contributed by atoms with E-state index in [0.29, 0.717) is 5.75 Å². The van der Waals surface area contributed by atoms with Gasteiger partial charge in [0, 0.05) is 30.7 Å². The van der Waals surface area contributed by atoms with Gasteiger partial charge in [-0.05, 0) is 36.4 Å². The van der Waals surface area contributed by atoms with Gasteiger partial charge in [0.15, 0.2) is 11.5 Å². The zero-order valence-electron chi connectivity index (χ0n) is 14.6. The molecule has 1 fully saturated rings. The Kier molecular flexibility index (Phi) is 6.31. The number of benzene rings is 2. The zero-order chi connectivity index (χ0) is 20.3. The normalized spacial score (nSPS) is 15.5. The smallest absolute Gasteiger partial charge is 0.260 e. The fourth-order valence-corrected chi connectivity index (χ4v) is 4.60. The minimum absolute atomic E-state index is 0.0554. The van der Waals surface area contributed by atoms with Gasteiger partial charge in [0.05, 0.1) is 0 Å². The third-order valence-corrected chi connectivity index (χ3v) is 6.76. The Bertz CT molecular complexity index is 942. The van der Waals surface area contributed by atoms with Crippen molar-refractivity contribution in [2.45, 2.75) is 4.90 Å². The first-order valence-electron chi connectivity index (χ1n) is 8.39. The number of carbonyl (C=O) groups is 1. The van der Waals surface area contributed by atoms with Gasteiger partial charge in [-0.1, -0.05) is 22.0 Å². The number of nitrogens with zero attached hydrogens (tertiary/aromatic N) is 2. The maximum absolute atomic E-state index is 13.9. The lowest BCUT2D eigenvalue weighted by atomic mass is 10.3. The molecule has 0 unspecified atom stereocenters. The maximum Gasteiger partial charge on any atom is 0.260 e. The van der Waals surface area contributed by atoms with Crippen molar-refractivity contribution in [1.82, 2.24) is 9.21 Å². The summed E-state index contributed by atoms with van der Waals surface area (Å²) in [5.41, 5.74) is 0. The lowest BCUT2D eigenvalue weighted by Gasteiger charge is -2.34. The van der Waals surface area contributed by atoms with Gasteiger partial charge in [-0.3, -0.25) is 4.79 Å². The highest BCUT2D eigenvalue weighted by Gasteiger charge is 2.34. The number of halogens is 3. The average Bonchev–Trinajstić information content (AvgIpc) is 2.67. The maximum atomic E-state index is 13.9. The van der Waals surface area contributed by atoms with E-state index in [9.17, 15) is 22.0 Å². The molecule has 1 saturated heterocycles. The first-order valence-corrected chi connectivity index (χ1v) is 10.6. The first kappa shape index (κ1) is 20.7. The molecule has 6 nitrogen and oxygen atoms in total. The predicted molar refractivity (Wildman–Crippen MR) is 101 cm³/mol. The summed E-state index contributed by atoms with van der Waals surface area (Å²) in [6.45, 7) is -0.0771. The SMILES string of the molecule is O=C(COc1ccc(Br)cc1)N1CCN(S(=O)(=O)c2c(F)cccc2F)CC1. The van der Waals surface area contributed by atoms with Crippen LogP contribution in [-0.2, 0) is 14.8 Å². The molecule has 1 amide bonds. The van der Waals surface area contributed by atoms with Crippen LogP contribution in [0.4, 0.5) is 8.78 Å². The largest absolute Gasteiger partial charge is 0.484 e. The number of rotatable bonds is 5. The van der Waals surface area contributed by atoms with E-state index in [1.165, 1.54) is 4.90 Å². The number of amides is 1. The second-order valence-corrected chi connectivity index (χ2v) is 8.87. The molecule has 0 bridgehead atoms. The molecule has 1 heterocycles. The van der Waals surface area contributed by atoms with E-state index in [1.807, 2.05) is 0 Å². The molecular weight excluding hydrogens is 458 g/mol. The molecule has 0 saturated carbocycles. The van der Waals surface area contributed by atoms with Gasteiger partial charge >= 0.3 is 0 Å². The highest BCUT2D eigenvalue weighted by atomic mass is 79.9. The van der Waals surface area contributed by atoms with Crippen molar-refractivity contribution < 1.29 is 26.7 Å². The summed E-state index contributed by atoms with van der Waals surface area (Å²) in [6.07, 6.45) is 0. The molecule has 0 radical (unpaired) electrons. The Hall–Kier alpha value is -2.04. The minimum Gasteiger partial charge on any atom is -0.484 e. The van der Waals surface area contributed by atoms with E-state index in [-0.39, 0.29) is 38.7 Å². The molecule has 0 aliphatic carbocycles. The number of hydrogen-bond acceptors (Lipinski definition) is 4. The van der Waals surface area contributed by atoms with E-state index in [4.69, 9.17) is 4.74 Å². The number of piperazine rings is 1. The highest BCUT2D eigenvalue weighted by Crippen LogP contribution is 2.23. The first-order chi connectivity index (χ1) is 13.3. The van der Waals surface area contributed by atoms with E-state index in [1.54, 1.807) is 24.3 Å². The molecule has 0 N–H and O–H groups in total. The van der Waals surface area contributed by atoms with Crippen LogP contribution in [0.5, 0.6) is 5.75 Å². The number of sulfonamides is 1. The van der Waals surface area contributed by atoms with Crippen LogP contribution in [0, 0.1) is 11.6 Å². The quantitative estimate of drug-likeness (QED) is 0.667. The molecule has 150 valence electrons. The molecule has 0 aromatic heterocycles. The van der Waals surface area contributed by atoms with Crippen LogP contribution < -0.4 is 4.74 Å². The topological polar surface area (TPSA) is 66.9 Å². The third kappa shape index (κ3) is 4.50. The van der Waals surface area contributed by atoms with Gasteiger partial charge in [0.25, 0.3) is 5.91 Å². The van der Waals surface area contributed by atoms with Crippen LogP contribution in [0.15, 0.2) is 51.8 Å². The molecule has 1 aliphatic heterocycles. The Balaban J connectivity index is 1.59. The predicted octanol–water partition coefficient (Wildman–Crippen LogP) is 2.64. The van der Waals surface area contributed by atoms with Crippen molar-refractivity contribution in [3.63, 3.8) is 0 Å². The Morgan fingerprint density at radius 2 is 1.57 bits per heavy atom. The molecule has 0 atom stereocenters. The summed E-state index contributed by atoms with van der Waals surface area (Å²) in [5, 5.41) is 0. The fraction of sp³-hybridized carbons (Fsp3) is 0.278. The average molecular weight is 475 g/mol. The van der Waals surface area contributed by atoms with Gasteiger partial charge < -0.3 is 9.64 Å². The van der Waals surface area contributed by atoms with Crippen LogP contribution in [0.1, 0.15) is 0 Å². The van der Waals surface area contributed by atoms with E-state index in [2.05, 4.69) is 15.9 Å². The van der Waals surface area contributed by atoms with E-state index < -0.39 is 26.6 Å². The highest BCUT2D eigenvalue weighted by molar-refractivity contribution is 9.10. The summed E-state index contributed by atoms with van der Waals surface area (Å²) in [6, 6.07) is 9.89. The molecule has 1 aliphatic rings. The Labute approximate surface area is 169 Å². The molecule has 0 spiro atoms. The Morgan fingerprint density at radius 1 is 1.00 bits per heavy atom. The molecule has 28 heavy (non-hydrogen) atoms. The van der Waals surface area contributed by atoms with Gasteiger partial charge in [0.2, 0.25) is 10.0 Å². The van der Waals surface area contributed by atoms with Crippen molar-refractivity contribution >= 4 is 31.9 Å². The van der Waals surface area contributed by atoms with Gasteiger partial charge in [-0.25, -0.2) is 17.2 Å². The second-order valence-electron chi connectivity index (χ2n) is 6.08. The number of hydrogen-bond donors (Lipinski definition) is 0. The van der Waals surface area contributed by atoms with Crippen molar-refractivity contribution in [2.75, 3.05) is 32.8 Å². The number of carbonyl (C=O) groups excluding carboxylic acids is 1. The van der Waals surface area contributed by atoms with Crippen LogP contribution in [0.25, 0.3) is 0 Å². The van der Waals surface area contributed by atoms with Crippen molar-refractivity contribution in [2.24, 2.45) is 0 Å². The molecule has 2 aromatic carbocycles. The minimum atomic E-state index is -4.32. The van der Waals surface area contributed by atoms with Gasteiger partial charge in [-0.15, -0.1) is 0 Å². The van der Waals surface area contributed by atoms with Crippen LogP contribution >= 0.6 is 15.9 Å². The van der Waals surface area contributed by atoms with E-state index in [0.717, 1.165) is 27.0 Å². The monoisotopic (exact) mass is 474 g/mol. The van der Waals surface area contributed by atoms with Gasteiger partial charge in [-0.2, -0.15) is 4.31 Å². The van der Waals surface area contributed by atoms with E-state index >= 15 is 0 Å². The lowest BCUT2D eigenvalue weighted by molar-refractivity contribution is -0.134. The fourth-order valence-electron chi connectivity index (χ4n) is 2.80. The van der Waals surface area contributed by atoms with Crippen molar-refractivity contribution in [3.05, 3.63) is 58.6 Å². The van der Waals surface area contributed by atoms with Crippen LogP contribution in [0.3, 0.4) is 0 Å². The summed E-state index contributed by atoms with van der Waals surface area (Å²) in [5.74, 6) is -2.03. The van der Waals surface area contributed by atoms with Crippen molar-refractivity contribution in [1.29, 1.82) is 0 Å². The molecule has 3 rings (SSSR count). The summed E-state index contributed by atoms with van der Waals surface area (Å²) < 4.78 is 60.1. The van der Waals surface area contributed by atoms with Crippen LogP contribution in [-0.4, -0.2) is 56.3 Å². The molecular formula is C18H17BrF2N2O4S.